The molecule has 0 heterocycles. The van der Waals surface area contributed by atoms with E-state index in [9.17, 15) is 0 Å². The average molecular weight is 283 g/mol. The van der Waals surface area contributed by atoms with Gasteiger partial charge in [-0.05, 0) is 29.7 Å². The maximum Gasteiger partial charge on any atom is 0.131 e. The van der Waals surface area contributed by atoms with E-state index >= 15 is 0 Å². The fourth-order valence-electron chi connectivity index (χ4n) is 2.11. The molecule has 0 saturated heterocycles. The first kappa shape index (κ1) is 15.6. The lowest BCUT2D eigenvalue weighted by Crippen LogP contribution is -2.22. The van der Waals surface area contributed by atoms with Gasteiger partial charge in [0.15, 0.2) is 0 Å². The highest BCUT2D eigenvalue weighted by Gasteiger charge is 2.06. The molecule has 2 rings (SSSR count). The molecule has 0 aliphatic heterocycles. The number of nitrogens with one attached hydrogen (secondary N) is 1. The number of para-hydroxylation sites is 1. The first-order valence-electron chi connectivity index (χ1n) is 7.65. The van der Waals surface area contributed by atoms with Crippen LogP contribution in [0, 0.1) is 0 Å². The number of rotatable bonds is 6. The molecule has 1 N–H and O–H groups in total. The Kier molecular flexibility index (Phi) is 5.40. The van der Waals surface area contributed by atoms with Crippen LogP contribution in [0.1, 0.15) is 44.7 Å². The van der Waals surface area contributed by atoms with Gasteiger partial charge in [-0.1, -0.05) is 58.0 Å². The van der Waals surface area contributed by atoms with Crippen molar-refractivity contribution >= 4 is 0 Å². The largest absolute Gasteiger partial charge is 0.457 e. The topological polar surface area (TPSA) is 21.3 Å². The zero-order valence-electron chi connectivity index (χ0n) is 13.4. The number of ether oxygens (including phenoxy) is 1. The summed E-state index contributed by atoms with van der Waals surface area (Å²) in [7, 11) is 0. The molecule has 0 saturated carbocycles. The van der Waals surface area contributed by atoms with Crippen molar-refractivity contribution in [3.8, 4) is 11.5 Å². The summed E-state index contributed by atoms with van der Waals surface area (Å²) >= 11 is 0. The first-order chi connectivity index (χ1) is 10.1. The summed E-state index contributed by atoms with van der Waals surface area (Å²) in [5.74, 6) is 2.35. The van der Waals surface area contributed by atoms with Crippen LogP contribution in [-0.4, -0.2) is 6.04 Å². The standard InChI is InChI=1S/C19H25NO/c1-14(2)16-9-11-18(12-10-16)21-19-8-6-5-7-17(19)13-20-15(3)4/h5-12,14-15,20H,13H2,1-4H3. The molecule has 0 aromatic heterocycles. The first-order valence-corrected chi connectivity index (χ1v) is 7.65. The maximum absolute atomic E-state index is 6.04. The van der Waals surface area contributed by atoms with Crippen LogP contribution in [0.5, 0.6) is 11.5 Å². The molecule has 0 radical (unpaired) electrons. The zero-order chi connectivity index (χ0) is 15.2. The lowest BCUT2D eigenvalue weighted by atomic mass is 10.0. The van der Waals surface area contributed by atoms with Crippen LogP contribution in [0.2, 0.25) is 0 Å². The van der Waals surface area contributed by atoms with Crippen LogP contribution in [-0.2, 0) is 6.54 Å². The van der Waals surface area contributed by atoms with E-state index < -0.39 is 0 Å². The van der Waals surface area contributed by atoms with Crippen LogP contribution in [0.15, 0.2) is 48.5 Å². The second-order valence-electron chi connectivity index (χ2n) is 5.97. The smallest absolute Gasteiger partial charge is 0.131 e. The van der Waals surface area contributed by atoms with E-state index in [4.69, 9.17) is 4.74 Å². The fraction of sp³-hybridized carbons (Fsp3) is 0.368. The van der Waals surface area contributed by atoms with Gasteiger partial charge in [0.1, 0.15) is 11.5 Å². The molecule has 0 aliphatic carbocycles. The predicted octanol–water partition coefficient (Wildman–Crippen LogP) is 5.10. The van der Waals surface area contributed by atoms with E-state index in [1.807, 2.05) is 30.3 Å². The van der Waals surface area contributed by atoms with Crippen molar-refractivity contribution < 1.29 is 4.74 Å². The summed E-state index contributed by atoms with van der Waals surface area (Å²) in [5.41, 5.74) is 2.51. The normalized spacial score (nSPS) is 11.1. The molecule has 21 heavy (non-hydrogen) atoms. The quantitative estimate of drug-likeness (QED) is 0.796. The molecule has 112 valence electrons. The average Bonchev–Trinajstić information content (AvgIpc) is 2.47. The van der Waals surface area contributed by atoms with Crippen LogP contribution in [0.4, 0.5) is 0 Å². The van der Waals surface area contributed by atoms with Gasteiger partial charge in [0.25, 0.3) is 0 Å². The van der Waals surface area contributed by atoms with E-state index in [0.717, 1.165) is 18.0 Å². The fourth-order valence-corrected chi connectivity index (χ4v) is 2.11. The zero-order valence-corrected chi connectivity index (χ0v) is 13.4. The highest BCUT2D eigenvalue weighted by atomic mass is 16.5. The van der Waals surface area contributed by atoms with E-state index in [1.54, 1.807) is 0 Å². The van der Waals surface area contributed by atoms with Gasteiger partial charge in [-0.15, -0.1) is 0 Å². The van der Waals surface area contributed by atoms with Crippen molar-refractivity contribution in [1.29, 1.82) is 0 Å². The predicted molar refractivity (Wildman–Crippen MR) is 89.0 cm³/mol. The van der Waals surface area contributed by atoms with Gasteiger partial charge in [-0.25, -0.2) is 0 Å². The van der Waals surface area contributed by atoms with Gasteiger partial charge in [0.05, 0.1) is 0 Å². The second-order valence-corrected chi connectivity index (χ2v) is 5.97. The van der Waals surface area contributed by atoms with Crippen molar-refractivity contribution in [1.82, 2.24) is 5.32 Å². The van der Waals surface area contributed by atoms with Crippen molar-refractivity contribution in [2.24, 2.45) is 0 Å². The molecule has 0 bridgehead atoms. The maximum atomic E-state index is 6.04. The molecule has 2 nitrogen and oxygen atoms in total. The van der Waals surface area contributed by atoms with Gasteiger partial charge >= 0.3 is 0 Å². The lowest BCUT2D eigenvalue weighted by molar-refractivity contribution is 0.469. The molecule has 2 aromatic rings. The molecule has 0 amide bonds. The number of hydrogen-bond acceptors (Lipinski definition) is 2. The van der Waals surface area contributed by atoms with Crippen molar-refractivity contribution in [2.45, 2.75) is 46.2 Å². The van der Waals surface area contributed by atoms with Gasteiger partial charge in [-0.2, -0.15) is 0 Å². The van der Waals surface area contributed by atoms with Crippen LogP contribution >= 0.6 is 0 Å². The van der Waals surface area contributed by atoms with Gasteiger partial charge in [0.2, 0.25) is 0 Å². The Morgan fingerprint density at radius 3 is 2.19 bits per heavy atom. The summed E-state index contributed by atoms with van der Waals surface area (Å²) in [6, 6.07) is 17.0. The summed E-state index contributed by atoms with van der Waals surface area (Å²) in [6.45, 7) is 9.51. The minimum absolute atomic E-state index is 0.461. The van der Waals surface area contributed by atoms with E-state index in [0.29, 0.717) is 12.0 Å². The summed E-state index contributed by atoms with van der Waals surface area (Å²) in [4.78, 5) is 0. The van der Waals surface area contributed by atoms with Crippen LogP contribution < -0.4 is 10.1 Å². The van der Waals surface area contributed by atoms with E-state index in [-0.39, 0.29) is 0 Å². The number of hydrogen-bond donors (Lipinski definition) is 1. The lowest BCUT2D eigenvalue weighted by Gasteiger charge is -2.14. The summed E-state index contributed by atoms with van der Waals surface area (Å²) in [5, 5.41) is 3.43. The van der Waals surface area contributed by atoms with Crippen LogP contribution in [0.25, 0.3) is 0 Å². The molecule has 0 unspecified atom stereocenters. The van der Waals surface area contributed by atoms with Crippen LogP contribution in [0.3, 0.4) is 0 Å². The Bertz CT molecular complexity index is 558. The van der Waals surface area contributed by atoms with Gasteiger partial charge in [0, 0.05) is 18.2 Å². The minimum Gasteiger partial charge on any atom is -0.457 e. The molecule has 0 aliphatic rings. The molecule has 0 spiro atoms. The number of benzene rings is 2. The second kappa shape index (κ2) is 7.28. The summed E-state index contributed by atoms with van der Waals surface area (Å²) < 4.78 is 6.04. The molecule has 2 aromatic carbocycles. The molecule has 0 fully saturated rings. The molecule has 2 heteroatoms. The Hall–Kier alpha value is -1.80. The third-order valence-corrected chi connectivity index (χ3v) is 3.45. The SMILES string of the molecule is CC(C)NCc1ccccc1Oc1ccc(C(C)C)cc1. The highest BCUT2D eigenvalue weighted by Crippen LogP contribution is 2.26. The monoisotopic (exact) mass is 283 g/mol. The van der Waals surface area contributed by atoms with Gasteiger partial charge in [-0.3, -0.25) is 0 Å². The third-order valence-electron chi connectivity index (χ3n) is 3.45. The van der Waals surface area contributed by atoms with E-state index in [2.05, 4.69) is 51.2 Å². The van der Waals surface area contributed by atoms with Crippen molar-refractivity contribution in [3.63, 3.8) is 0 Å². The van der Waals surface area contributed by atoms with E-state index in [1.165, 1.54) is 11.1 Å². The van der Waals surface area contributed by atoms with Gasteiger partial charge < -0.3 is 10.1 Å². The Labute approximate surface area is 128 Å². The Morgan fingerprint density at radius 2 is 1.57 bits per heavy atom. The third kappa shape index (κ3) is 4.61. The minimum atomic E-state index is 0.461. The Morgan fingerprint density at radius 1 is 0.905 bits per heavy atom. The molecular weight excluding hydrogens is 258 g/mol. The van der Waals surface area contributed by atoms with Crippen molar-refractivity contribution in [3.05, 3.63) is 59.7 Å². The molecular formula is C19H25NO. The Balaban J connectivity index is 2.11. The van der Waals surface area contributed by atoms with Crippen molar-refractivity contribution in [2.75, 3.05) is 0 Å². The molecule has 0 atom stereocenters. The summed E-state index contributed by atoms with van der Waals surface area (Å²) in [6.07, 6.45) is 0. The highest BCUT2D eigenvalue weighted by molar-refractivity contribution is 5.38.